The fourth-order valence-electron chi connectivity index (χ4n) is 3.45. The third-order valence-electron chi connectivity index (χ3n) is 4.79. The Labute approximate surface area is 136 Å². The van der Waals surface area contributed by atoms with Crippen LogP contribution in [0.5, 0.6) is 0 Å². The SMILES string of the molecule is O=C(NCCN1CCCCCC1)C1CCN(CC(F)(F)F)CC1. The van der Waals surface area contributed by atoms with Gasteiger partial charge in [0.25, 0.3) is 0 Å². The molecule has 2 heterocycles. The molecule has 0 atom stereocenters. The molecule has 134 valence electrons. The molecule has 4 nitrogen and oxygen atoms in total. The van der Waals surface area contributed by atoms with Gasteiger partial charge in [-0.15, -0.1) is 0 Å². The molecule has 0 bridgehead atoms. The number of hydrogen-bond acceptors (Lipinski definition) is 3. The first-order valence-electron chi connectivity index (χ1n) is 8.73. The second-order valence-corrected chi connectivity index (χ2v) is 6.71. The number of piperidine rings is 1. The maximum atomic E-state index is 12.3. The maximum Gasteiger partial charge on any atom is 0.401 e. The number of nitrogens with zero attached hydrogens (tertiary/aromatic N) is 2. The minimum Gasteiger partial charge on any atom is -0.355 e. The number of rotatable bonds is 5. The van der Waals surface area contributed by atoms with Crippen LogP contribution in [0.2, 0.25) is 0 Å². The molecule has 2 aliphatic rings. The molecule has 2 aliphatic heterocycles. The predicted octanol–water partition coefficient (Wildman–Crippen LogP) is 2.25. The van der Waals surface area contributed by atoms with Gasteiger partial charge >= 0.3 is 6.18 Å². The number of nitrogens with one attached hydrogen (secondary N) is 1. The monoisotopic (exact) mass is 335 g/mol. The molecular weight excluding hydrogens is 307 g/mol. The topological polar surface area (TPSA) is 35.6 Å². The standard InChI is InChI=1S/C16H28F3N3O/c17-16(18,19)13-22-10-5-14(6-11-22)15(23)20-7-12-21-8-3-1-2-4-9-21/h14H,1-13H2,(H,20,23). The summed E-state index contributed by atoms with van der Waals surface area (Å²) >= 11 is 0. The first-order valence-corrected chi connectivity index (χ1v) is 8.73. The van der Waals surface area contributed by atoms with Crippen LogP contribution in [0.25, 0.3) is 0 Å². The van der Waals surface area contributed by atoms with Crippen molar-refractivity contribution >= 4 is 5.91 Å². The Kier molecular flexibility index (Phi) is 7.14. The normalized spacial score (nSPS) is 22.7. The van der Waals surface area contributed by atoms with Gasteiger partial charge in [-0.25, -0.2) is 0 Å². The van der Waals surface area contributed by atoms with E-state index in [0.717, 1.165) is 19.6 Å². The molecule has 0 aromatic rings. The molecule has 0 aromatic carbocycles. The lowest BCUT2D eigenvalue weighted by atomic mass is 9.96. The van der Waals surface area contributed by atoms with Crippen LogP contribution in [0, 0.1) is 5.92 Å². The summed E-state index contributed by atoms with van der Waals surface area (Å²) in [7, 11) is 0. The Balaban J connectivity index is 1.61. The summed E-state index contributed by atoms with van der Waals surface area (Å²) in [4.78, 5) is 15.9. The zero-order chi connectivity index (χ0) is 16.7. The molecule has 0 aromatic heterocycles. The lowest BCUT2D eigenvalue weighted by molar-refractivity contribution is -0.149. The van der Waals surface area contributed by atoms with Gasteiger partial charge in [-0.1, -0.05) is 12.8 Å². The Hall–Kier alpha value is -0.820. The smallest absolute Gasteiger partial charge is 0.355 e. The van der Waals surface area contributed by atoms with Crippen LogP contribution in [0.1, 0.15) is 38.5 Å². The van der Waals surface area contributed by atoms with Gasteiger partial charge in [0.15, 0.2) is 0 Å². The summed E-state index contributed by atoms with van der Waals surface area (Å²) in [5.74, 6) is -0.130. The number of alkyl halides is 3. The molecular formula is C16H28F3N3O. The molecule has 2 saturated heterocycles. The summed E-state index contributed by atoms with van der Waals surface area (Å²) in [6.45, 7) is 3.56. The molecule has 2 rings (SSSR count). The average molecular weight is 335 g/mol. The number of likely N-dealkylation sites (tertiary alicyclic amines) is 2. The van der Waals surface area contributed by atoms with Gasteiger partial charge in [0, 0.05) is 19.0 Å². The molecule has 1 N–H and O–H groups in total. The van der Waals surface area contributed by atoms with E-state index >= 15 is 0 Å². The molecule has 7 heteroatoms. The molecule has 0 radical (unpaired) electrons. The van der Waals surface area contributed by atoms with Crippen molar-refractivity contribution in [1.82, 2.24) is 15.1 Å². The molecule has 1 amide bonds. The molecule has 2 fully saturated rings. The number of hydrogen-bond donors (Lipinski definition) is 1. The third-order valence-corrected chi connectivity index (χ3v) is 4.79. The second-order valence-electron chi connectivity index (χ2n) is 6.71. The molecule has 0 aliphatic carbocycles. The molecule has 0 unspecified atom stereocenters. The third kappa shape index (κ3) is 7.08. The van der Waals surface area contributed by atoms with Crippen LogP contribution in [-0.2, 0) is 4.79 Å². The van der Waals surface area contributed by atoms with Crippen LogP contribution < -0.4 is 5.32 Å². The van der Waals surface area contributed by atoms with Crippen LogP contribution in [0.4, 0.5) is 13.2 Å². The zero-order valence-electron chi connectivity index (χ0n) is 13.7. The highest BCUT2D eigenvalue weighted by atomic mass is 19.4. The van der Waals surface area contributed by atoms with E-state index < -0.39 is 12.7 Å². The highest BCUT2D eigenvalue weighted by molar-refractivity contribution is 5.78. The highest BCUT2D eigenvalue weighted by Gasteiger charge is 2.33. The minimum absolute atomic E-state index is 0.00600. The van der Waals surface area contributed by atoms with E-state index in [9.17, 15) is 18.0 Å². The van der Waals surface area contributed by atoms with E-state index in [1.807, 2.05) is 0 Å². The first-order chi connectivity index (χ1) is 10.9. The Morgan fingerprint density at radius 1 is 0.957 bits per heavy atom. The van der Waals surface area contributed by atoms with Gasteiger partial charge in [-0.05, 0) is 51.9 Å². The van der Waals surface area contributed by atoms with Crippen LogP contribution in [-0.4, -0.2) is 67.7 Å². The largest absolute Gasteiger partial charge is 0.401 e. The number of halogens is 3. The number of carbonyl (C=O) groups is 1. The van der Waals surface area contributed by atoms with Crippen molar-refractivity contribution in [2.75, 3.05) is 45.8 Å². The van der Waals surface area contributed by atoms with Gasteiger partial charge in [0.05, 0.1) is 6.54 Å². The van der Waals surface area contributed by atoms with Crippen molar-refractivity contribution in [1.29, 1.82) is 0 Å². The second kappa shape index (κ2) is 8.87. The van der Waals surface area contributed by atoms with E-state index in [2.05, 4.69) is 10.2 Å². The van der Waals surface area contributed by atoms with E-state index in [1.165, 1.54) is 30.6 Å². The molecule has 0 spiro atoms. The van der Waals surface area contributed by atoms with Gasteiger partial charge < -0.3 is 10.2 Å². The Morgan fingerprint density at radius 3 is 2.13 bits per heavy atom. The lowest BCUT2D eigenvalue weighted by Gasteiger charge is -2.31. The van der Waals surface area contributed by atoms with Crippen molar-refractivity contribution in [3.05, 3.63) is 0 Å². The van der Waals surface area contributed by atoms with E-state index in [0.29, 0.717) is 32.5 Å². The zero-order valence-corrected chi connectivity index (χ0v) is 13.7. The van der Waals surface area contributed by atoms with E-state index in [4.69, 9.17) is 0 Å². The molecule has 23 heavy (non-hydrogen) atoms. The van der Waals surface area contributed by atoms with Crippen molar-refractivity contribution in [3.8, 4) is 0 Å². The van der Waals surface area contributed by atoms with Gasteiger partial charge in [-0.2, -0.15) is 13.2 Å². The summed E-state index contributed by atoms with van der Waals surface area (Å²) in [5.41, 5.74) is 0. The fraction of sp³-hybridized carbons (Fsp3) is 0.938. The summed E-state index contributed by atoms with van der Waals surface area (Å²) in [6.07, 6.45) is 1.93. The van der Waals surface area contributed by atoms with Crippen molar-refractivity contribution in [2.24, 2.45) is 5.92 Å². The van der Waals surface area contributed by atoms with Gasteiger partial charge in [0.2, 0.25) is 5.91 Å². The van der Waals surface area contributed by atoms with Crippen molar-refractivity contribution in [3.63, 3.8) is 0 Å². The first kappa shape index (κ1) is 18.5. The van der Waals surface area contributed by atoms with E-state index in [-0.39, 0.29) is 11.8 Å². The minimum atomic E-state index is -4.15. The van der Waals surface area contributed by atoms with Crippen LogP contribution >= 0.6 is 0 Å². The van der Waals surface area contributed by atoms with Crippen molar-refractivity contribution < 1.29 is 18.0 Å². The average Bonchev–Trinajstić information content (AvgIpc) is 2.75. The molecule has 0 saturated carbocycles. The lowest BCUT2D eigenvalue weighted by Crippen LogP contribution is -2.44. The fourth-order valence-corrected chi connectivity index (χ4v) is 3.45. The highest BCUT2D eigenvalue weighted by Crippen LogP contribution is 2.22. The van der Waals surface area contributed by atoms with Crippen LogP contribution in [0.3, 0.4) is 0 Å². The number of amides is 1. The van der Waals surface area contributed by atoms with Gasteiger partial charge in [-0.3, -0.25) is 9.69 Å². The van der Waals surface area contributed by atoms with Crippen molar-refractivity contribution in [2.45, 2.75) is 44.7 Å². The quantitative estimate of drug-likeness (QED) is 0.837. The number of carbonyl (C=O) groups excluding carboxylic acids is 1. The van der Waals surface area contributed by atoms with Gasteiger partial charge in [0.1, 0.15) is 0 Å². The summed E-state index contributed by atoms with van der Waals surface area (Å²) in [5, 5.41) is 2.96. The Bertz CT molecular complexity index is 360. The Morgan fingerprint density at radius 2 is 1.57 bits per heavy atom. The van der Waals surface area contributed by atoms with Crippen LogP contribution in [0.15, 0.2) is 0 Å². The summed E-state index contributed by atoms with van der Waals surface area (Å²) in [6, 6.07) is 0. The predicted molar refractivity (Wildman–Crippen MR) is 83.1 cm³/mol. The van der Waals surface area contributed by atoms with E-state index in [1.54, 1.807) is 0 Å². The maximum absolute atomic E-state index is 12.3. The summed E-state index contributed by atoms with van der Waals surface area (Å²) < 4.78 is 37.0.